The van der Waals surface area contributed by atoms with Crippen molar-refractivity contribution in [3.8, 4) is 0 Å². The molecule has 6 heteroatoms. The Morgan fingerprint density at radius 1 is 0.963 bits per heavy atom. The van der Waals surface area contributed by atoms with Crippen molar-refractivity contribution < 1.29 is 19.1 Å². The van der Waals surface area contributed by atoms with Gasteiger partial charge in [0.15, 0.2) is 5.57 Å². The zero-order chi connectivity index (χ0) is 19.0. The van der Waals surface area contributed by atoms with Crippen molar-refractivity contribution in [2.45, 2.75) is 32.7 Å². The second-order valence-electron chi connectivity index (χ2n) is 7.06. The Bertz CT molecular complexity index is 902. The lowest BCUT2D eigenvalue weighted by Gasteiger charge is -2.29. The third-order valence-electron chi connectivity index (χ3n) is 4.55. The fraction of sp³-hybridized carbons (Fsp3) is 0.238. The summed E-state index contributed by atoms with van der Waals surface area (Å²) in [6.45, 7) is 4.75. The molecule has 1 N–H and O–H groups in total. The zero-order valence-corrected chi connectivity index (χ0v) is 15.2. The second-order valence-corrected chi connectivity index (χ2v) is 7.06. The van der Waals surface area contributed by atoms with E-state index in [2.05, 4.69) is 34.5 Å². The first-order valence-corrected chi connectivity index (χ1v) is 8.76. The molecule has 4 rings (SSSR count). The zero-order valence-electron chi connectivity index (χ0n) is 15.2. The van der Waals surface area contributed by atoms with Crippen LogP contribution in [0.1, 0.15) is 25.0 Å². The molecule has 6 nitrogen and oxygen atoms in total. The summed E-state index contributed by atoms with van der Waals surface area (Å²) < 4.78 is 10.2. The molecule has 0 bridgehead atoms. The minimum atomic E-state index is -1.24. The van der Waals surface area contributed by atoms with Gasteiger partial charge in [0, 0.05) is 44.5 Å². The van der Waals surface area contributed by atoms with E-state index in [1.54, 1.807) is 0 Å². The molecule has 0 unspecified atom stereocenters. The van der Waals surface area contributed by atoms with Crippen LogP contribution in [0.2, 0.25) is 0 Å². The van der Waals surface area contributed by atoms with Crippen LogP contribution in [0.4, 0.5) is 11.4 Å². The van der Waals surface area contributed by atoms with Gasteiger partial charge in [-0.25, -0.2) is 9.59 Å². The van der Waals surface area contributed by atoms with E-state index < -0.39 is 17.7 Å². The largest absolute Gasteiger partial charge is 0.419 e. The van der Waals surface area contributed by atoms with E-state index in [1.807, 2.05) is 24.3 Å². The number of hydrogen-bond donors (Lipinski definition) is 1. The maximum atomic E-state index is 12.0. The van der Waals surface area contributed by atoms with E-state index in [1.165, 1.54) is 31.2 Å². The summed E-state index contributed by atoms with van der Waals surface area (Å²) in [7, 11) is 0. The van der Waals surface area contributed by atoms with Gasteiger partial charge in [-0.05, 0) is 29.3 Å². The Morgan fingerprint density at radius 3 is 2.22 bits per heavy atom. The predicted octanol–water partition coefficient (Wildman–Crippen LogP) is 3.34. The number of rotatable bonds is 3. The summed E-state index contributed by atoms with van der Waals surface area (Å²) in [5.74, 6) is -2.64. The monoisotopic (exact) mass is 364 g/mol. The number of cyclic esters (lactones) is 2. The average molecular weight is 364 g/mol. The molecule has 0 radical (unpaired) electrons. The Labute approximate surface area is 157 Å². The minimum absolute atomic E-state index is 0.159. The van der Waals surface area contributed by atoms with Crippen molar-refractivity contribution in [2.24, 2.45) is 0 Å². The Morgan fingerprint density at radius 2 is 1.59 bits per heavy atom. The van der Waals surface area contributed by atoms with Crippen LogP contribution in [-0.2, 0) is 32.2 Å². The van der Waals surface area contributed by atoms with Crippen molar-refractivity contribution in [3.05, 3.63) is 71.4 Å². The van der Waals surface area contributed by atoms with Gasteiger partial charge in [-0.1, -0.05) is 30.3 Å². The van der Waals surface area contributed by atoms with Crippen molar-refractivity contribution in [3.63, 3.8) is 0 Å². The summed E-state index contributed by atoms with van der Waals surface area (Å²) >= 11 is 0. The molecule has 0 atom stereocenters. The highest BCUT2D eigenvalue weighted by Gasteiger charge is 2.38. The van der Waals surface area contributed by atoms with Crippen LogP contribution in [0.5, 0.6) is 0 Å². The van der Waals surface area contributed by atoms with Crippen molar-refractivity contribution in [2.75, 3.05) is 10.2 Å². The molecule has 1 saturated heterocycles. The number of hydrogen-bond acceptors (Lipinski definition) is 6. The molecule has 2 aromatic carbocycles. The van der Waals surface area contributed by atoms with E-state index in [9.17, 15) is 9.59 Å². The molecule has 2 heterocycles. The molecule has 0 saturated carbocycles. The molecule has 27 heavy (non-hydrogen) atoms. The molecule has 2 aromatic rings. The van der Waals surface area contributed by atoms with Gasteiger partial charge in [-0.15, -0.1) is 0 Å². The first-order chi connectivity index (χ1) is 12.9. The van der Waals surface area contributed by atoms with Gasteiger partial charge >= 0.3 is 11.9 Å². The van der Waals surface area contributed by atoms with Crippen molar-refractivity contribution in [1.29, 1.82) is 0 Å². The number of ether oxygens (including phenoxy) is 2. The maximum Gasteiger partial charge on any atom is 0.350 e. The molecule has 0 aliphatic carbocycles. The number of nitrogens with one attached hydrogen (secondary N) is 1. The van der Waals surface area contributed by atoms with Crippen LogP contribution in [0.25, 0.3) is 0 Å². The first kappa shape index (κ1) is 17.1. The predicted molar refractivity (Wildman–Crippen MR) is 101 cm³/mol. The van der Waals surface area contributed by atoms with Crippen LogP contribution in [-0.4, -0.2) is 17.7 Å². The van der Waals surface area contributed by atoms with Gasteiger partial charge in [-0.3, -0.25) is 0 Å². The first-order valence-electron chi connectivity index (χ1n) is 8.76. The summed E-state index contributed by atoms with van der Waals surface area (Å²) in [5.41, 5.74) is 4.32. The van der Waals surface area contributed by atoms with E-state index >= 15 is 0 Å². The number of carbonyl (C=O) groups is 2. The van der Waals surface area contributed by atoms with Crippen LogP contribution in [0.3, 0.4) is 0 Å². The van der Waals surface area contributed by atoms with E-state index in [0.29, 0.717) is 0 Å². The molecule has 2 aliphatic heterocycles. The molecular weight excluding hydrogens is 344 g/mol. The van der Waals surface area contributed by atoms with Crippen molar-refractivity contribution in [1.82, 2.24) is 0 Å². The number of nitrogens with zero attached hydrogens (tertiary/aromatic N) is 1. The van der Waals surface area contributed by atoms with E-state index in [4.69, 9.17) is 9.47 Å². The SMILES string of the molecule is CC1(C)OC(=O)C(=CNc2cccc(N3Cc4ccccc4C3)c2)C(=O)O1. The summed E-state index contributed by atoms with van der Waals surface area (Å²) in [5, 5.41) is 3.00. The summed E-state index contributed by atoms with van der Waals surface area (Å²) in [4.78, 5) is 26.3. The molecule has 0 aromatic heterocycles. The van der Waals surface area contributed by atoms with E-state index in [-0.39, 0.29) is 5.57 Å². The van der Waals surface area contributed by atoms with Gasteiger partial charge in [0.1, 0.15) is 0 Å². The highest BCUT2D eigenvalue weighted by atomic mass is 16.7. The molecule has 0 spiro atoms. The fourth-order valence-electron chi connectivity index (χ4n) is 3.24. The number of anilines is 2. The number of benzene rings is 2. The van der Waals surface area contributed by atoms with Crippen LogP contribution in [0.15, 0.2) is 60.3 Å². The normalized spacial score (nSPS) is 17.9. The summed E-state index contributed by atoms with van der Waals surface area (Å²) in [6.07, 6.45) is 1.33. The lowest BCUT2D eigenvalue weighted by atomic mass is 10.1. The molecule has 1 fully saturated rings. The molecular formula is C21H20N2O4. The second kappa shape index (κ2) is 6.46. The third-order valence-corrected chi connectivity index (χ3v) is 4.55. The Balaban J connectivity index is 1.49. The Hall–Kier alpha value is -3.28. The standard InChI is InChI=1S/C21H20N2O4/c1-21(2)26-19(24)18(20(25)27-21)11-22-16-8-5-9-17(10-16)23-12-14-6-3-4-7-15(14)13-23/h3-11,22H,12-13H2,1-2H3. The lowest BCUT2D eigenvalue weighted by molar-refractivity contribution is -0.222. The smallest absolute Gasteiger partial charge is 0.350 e. The minimum Gasteiger partial charge on any atom is -0.419 e. The van der Waals surface area contributed by atoms with Gasteiger partial charge < -0.3 is 19.7 Å². The average Bonchev–Trinajstić information content (AvgIpc) is 3.04. The highest BCUT2D eigenvalue weighted by molar-refractivity contribution is 6.15. The lowest BCUT2D eigenvalue weighted by Crippen LogP contribution is -2.42. The Kier molecular flexibility index (Phi) is 4.11. The van der Waals surface area contributed by atoms with Crippen LogP contribution < -0.4 is 10.2 Å². The van der Waals surface area contributed by atoms with Crippen molar-refractivity contribution >= 4 is 23.3 Å². The van der Waals surface area contributed by atoms with Gasteiger partial charge in [0.2, 0.25) is 0 Å². The van der Waals surface area contributed by atoms with Gasteiger partial charge in [0.25, 0.3) is 5.79 Å². The maximum absolute atomic E-state index is 12.0. The number of esters is 2. The summed E-state index contributed by atoms with van der Waals surface area (Å²) in [6, 6.07) is 16.2. The topological polar surface area (TPSA) is 67.9 Å². The van der Waals surface area contributed by atoms with Gasteiger partial charge in [0.05, 0.1) is 0 Å². The van der Waals surface area contributed by atoms with Crippen LogP contribution >= 0.6 is 0 Å². The third kappa shape index (κ3) is 3.51. The number of fused-ring (bicyclic) bond motifs is 1. The molecule has 2 aliphatic rings. The molecule has 138 valence electrons. The fourth-order valence-corrected chi connectivity index (χ4v) is 3.24. The van der Waals surface area contributed by atoms with E-state index in [0.717, 1.165) is 24.5 Å². The quantitative estimate of drug-likeness (QED) is 0.512. The number of carbonyl (C=O) groups excluding carboxylic acids is 2. The highest BCUT2D eigenvalue weighted by Crippen LogP contribution is 2.30. The molecule has 0 amide bonds. The van der Waals surface area contributed by atoms with Gasteiger partial charge in [-0.2, -0.15) is 0 Å². The van der Waals surface area contributed by atoms with Crippen LogP contribution in [0, 0.1) is 0 Å².